The second-order valence-electron chi connectivity index (χ2n) is 8.19. The van der Waals surface area contributed by atoms with Crippen LogP contribution in [0.2, 0.25) is 0 Å². The van der Waals surface area contributed by atoms with E-state index in [9.17, 15) is 4.79 Å². The maximum absolute atomic E-state index is 12.0. The van der Waals surface area contributed by atoms with Crippen LogP contribution in [0.3, 0.4) is 0 Å². The zero-order valence-corrected chi connectivity index (χ0v) is 17.8. The number of hydrogen-bond donors (Lipinski definition) is 2. The van der Waals surface area contributed by atoms with Crippen LogP contribution in [0.25, 0.3) is 27.6 Å². The third-order valence-electron chi connectivity index (χ3n) is 5.89. The number of allylic oxidation sites excluding steroid dienone is 1. The number of carbonyl (C=O) groups is 1. The molecule has 0 unspecified atom stereocenters. The molecule has 7 heteroatoms. The van der Waals surface area contributed by atoms with Crippen molar-refractivity contribution < 1.29 is 9.53 Å². The minimum Gasteiger partial charge on any atom is -0.401 e. The van der Waals surface area contributed by atoms with Crippen molar-refractivity contribution in [1.29, 1.82) is 0 Å². The van der Waals surface area contributed by atoms with Crippen molar-refractivity contribution >= 4 is 33.4 Å². The first-order valence-corrected chi connectivity index (χ1v) is 10.3. The summed E-state index contributed by atoms with van der Waals surface area (Å²) in [5.74, 6) is 6.62. The maximum atomic E-state index is 12.0. The van der Waals surface area contributed by atoms with Crippen LogP contribution in [0, 0.1) is 5.92 Å². The molecule has 3 aromatic rings. The molecule has 0 atom stereocenters. The number of aromatic nitrogens is 2. The molecule has 0 bridgehead atoms. The number of Topliss-reactive ketones (excluding diaryl/α,β-unsaturated/α-hetero) is 1. The van der Waals surface area contributed by atoms with Crippen molar-refractivity contribution in [2.45, 2.75) is 33.2 Å². The predicted octanol–water partition coefficient (Wildman–Crippen LogP) is 3.27. The highest BCUT2D eigenvalue weighted by atomic mass is 16.5. The van der Waals surface area contributed by atoms with Gasteiger partial charge in [0, 0.05) is 55.2 Å². The number of ketones is 1. The van der Waals surface area contributed by atoms with Gasteiger partial charge in [0.25, 0.3) is 0 Å². The summed E-state index contributed by atoms with van der Waals surface area (Å²) in [6.45, 7) is 5.87. The van der Waals surface area contributed by atoms with Crippen molar-refractivity contribution in [2.75, 3.05) is 20.3 Å². The Kier molecular flexibility index (Phi) is 5.49. The Balaban J connectivity index is 1.95. The van der Waals surface area contributed by atoms with Gasteiger partial charge in [0.05, 0.1) is 22.2 Å². The van der Waals surface area contributed by atoms with Crippen LogP contribution in [-0.4, -0.2) is 40.6 Å². The van der Waals surface area contributed by atoms with Gasteiger partial charge < -0.3 is 20.0 Å². The Morgan fingerprint density at radius 1 is 1.20 bits per heavy atom. The van der Waals surface area contributed by atoms with Crippen LogP contribution < -0.4 is 11.6 Å². The summed E-state index contributed by atoms with van der Waals surface area (Å²) in [6, 6.07) is 7.96. The Morgan fingerprint density at radius 2 is 1.90 bits per heavy atom. The molecule has 0 radical (unpaired) electrons. The lowest BCUT2D eigenvalue weighted by Crippen LogP contribution is -2.26. The molecule has 1 aliphatic heterocycles. The molecule has 1 fully saturated rings. The topological polar surface area (TPSA) is 99.4 Å². The zero-order valence-electron chi connectivity index (χ0n) is 17.8. The molecule has 0 saturated carbocycles. The predicted molar refractivity (Wildman–Crippen MR) is 120 cm³/mol. The minimum atomic E-state index is 0.0575. The fraction of sp³-hybridized carbons (Fsp3) is 0.391. The summed E-state index contributed by atoms with van der Waals surface area (Å²) in [5.41, 5.74) is 12.0. The van der Waals surface area contributed by atoms with E-state index in [-0.39, 0.29) is 5.78 Å². The quantitative estimate of drug-likeness (QED) is 0.383. The van der Waals surface area contributed by atoms with E-state index >= 15 is 0 Å². The molecule has 4 rings (SSSR count). The fourth-order valence-electron chi connectivity index (χ4n) is 4.39. The van der Waals surface area contributed by atoms with Gasteiger partial charge in [-0.2, -0.15) is 0 Å². The SMILES string of the molecule is CC(=O)c1ccc2c3ncc(/C(=C(\C)N)N(C)N)cc3n(CC3CCOCC3)c2c1. The summed E-state index contributed by atoms with van der Waals surface area (Å²) < 4.78 is 7.84. The van der Waals surface area contributed by atoms with Crippen molar-refractivity contribution in [1.82, 2.24) is 14.6 Å². The standard InChI is InChI=1S/C23H29N5O2/c1-14(24)23(27(3)25)18-11-21-22(26-12-18)19-5-4-17(15(2)29)10-20(19)28(21)13-16-6-8-30-9-7-16/h4-5,10-12,16H,6-9,13,24-25H2,1-3H3/b23-14-. The Bertz CT molecular complexity index is 1140. The summed E-state index contributed by atoms with van der Waals surface area (Å²) in [6.07, 6.45) is 3.87. The van der Waals surface area contributed by atoms with Crippen LogP contribution in [0.15, 0.2) is 36.2 Å². The number of nitrogens with zero attached hydrogens (tertiary/aromatic N) is 3. The van der Waals surface area contributed by atoms with E-state index in [2.05, 4.69) is 10.6 Å². The van der Waals surface area contributed by atoms with Crippen molar-refractivity contribution in [3.05, 3.63) is 47.3 Å². The van der Waals surface area contributed by atoms with Crippen molar-refractivity contribution in [2.24, 2.45) is 17.5 Å². The third kappa shape index (κ3) is 3.66. The van der Waals surface area contributed by atoms with E-state index in [1.807, 2.05) is 31.3 Å². The van der Waals surface area contributed by atoms with E-state index < -0.39 is 0 Å². The summed E-state index contributed by atoms with van der Waals surface area (Å²) in [5, 5.41) is 2.57. The largest absolute Gasteiger partial charge is 0.401 e. The Labute approximate surface area is 176 Å². The molecule has 1 aliphatic rings. The number of nitrogens with two attached hydrogens (primary N) is 2. The van der Waals surface area contributed by atoms with Gasteiger partial charge in [-0.15, -0.1) is 0 Å². The molecule has 1 aromatic carbocycles. The highest BCUT2D eigenvalue weighted by Crippen LogP contribution is 2.32. The maximum Gasteiger partial charge on any atom is 0.159 e. The smallest absolute Gasteiger partial charge is 0.159 e. The van der Waals surface area contributed by atoms with Gasteiger partial charge in [-0.1, -0.05) is 6.07 Å². The van der Waals surface area contributed by atoms with Crippen LogP contribution in [0.5, 0.6) is 0 Å². The lowest BCUT2D eigenvalue weighted by Gasteiger charge is -2.23. The zero-order chi connectivity index (χ0) is 21.4. The lowest BCUT2D eigenvalue weighted by molar-refractivity contribution is 0.0620. The lowest BCUT2D eigenvalue weighted by atomic mass is 10.00. The monoisotopic (exact) mass is 407 g/mol. The number of hydrogen-bond acceptors (Lipinski definition) is 6. The number of hydrazine groups is 1. The summed E-state index contributed by atoms with van der Waals surface area (Å²) in [7, 11) is 1.77. The number of fused-ring (bicyclic) bond motifs is 3. The average molecular weight is 408 g/mol. The van der Waals surface area contributed by atoms with E-state index in [1.165, 1.54) is 5.01 Å². The second kappa shape index (κ2) is 8.08. The summed E-state index contributed by atoms with van der Waals surface area (Å²) >= 11 is 0. The van der Waals surface area contributed by atoms with Crippen molar-refractivity contribution in [3.63, 3.8) is 0 Å². The van der Waals surface area contributed by atoms with Gasteiger partial charge >= 0.3 is 0 Å². The molecule has 7 nitrogen and oxygen atoms in total. The molecule has 4 N–H and O–H groups in total. The molecule has 3 heterocycles. The highest BCUT2D eigenvalue weighted by molar-refractivity contribution is 6.08. The van der Waals surface area contributed by atoms with Gasteiger partial charge in [-0.3, -0.25) is 9.78 Å². The normalized spacial score (nSPS) is 16.1. The van der Waals surface area contributed by atoms with E-state index in [4.69, 9.17) is 21.3 Å². The van der Waals surface area contributed by atoms with E-state index in [1.54, 1.807) is 14.0 Å². The molecule has 158 valence electrons. The molecule has 0 aliphatic carbocycles. The number of benzene rings is 1. The molecular weight excluding hydrogens is 378 g/mol. The van der Waals surface area contributed by atoms with Crippen LogP contribution in [-0.2, 0) is 11.3 Å². The Hall–Kier alpha value is -2.90. The molecule has 0 amide bonds. The first kappa shape index (κ1) is 20.4. The summed E-state index contributed by atoms with van der Waals surface area (Å²) in [4.78, 5) is 16.8. The van der Waals surface area contributed by atoms with Gasteiger partial charge in [-0.25, -0.2) is 5.84 Å². The number of pyridine rings is 1. The first-order valence-electron chi connectivity index (χ1n) is 10.3. The fourth-order valence-corrected chi connectivity index (χ4v) is 4.39. The Morgan fingerprint density at radius 3 is 2.53 bits per heavy atom. The minimum absolute atomic E-state index is 0.0575. The van der Waals surface area contributed by atoms with Crippen LogP contribution in [0.4, 0.5) is 0 Å². The molecule has 30 heavy (non-hydrogen) atoms. The molecule has 0 spiro atoms. The average Bonchev–Trinajstić information content (AvgIpc) is 3.01. The number of carbonyl (C=O) groups excluding carboxylic acids is 1. The van der Waals surface area contributed by atoms with Crippen LogP contribution in [0.1, 0.15) is 42.6 Å². The first-order chi connectivity index (χ1) is 14.4. The van der Waals surface area contributed by atoms with Gasteiger partial charge in [-0.05, 0) is 50.8 Å². The van der Waals surface area contributed by atoms with E-state index in [0.29, 0.717) is 17.2 Å². The highest BCUT2D eigenvalue weighted by Gasteiger charge is 2.20. The number of rotatable bonds is 5. The van der Waals surface area contributed by atoms with E-state index in [0.717, 1.165) is 65.8 Å². The van der Waals surface area contributed by atoms with Crippen LogP contribution >= 0.6 is 0 Å². The molecular formula is C23H29N5O2. The second-order valence-corrected chi connectivity index (χ2v) is 8.19. The van der Waals surface area contributed by atoms with Crippen molar-refractivity contribution in [3.8, 4) is 0 Å². The number of ether oxygens (including phenoxy) is 1. The van der Waals surface area contributed by atoms with Gasteiger partial charge in [0.15, 0.2) is 5.78 Å². The van der Waals surface area contributed by atoms with Gasteiger partial charge in [0.1, 0.15) is 0 Å². The molecule has 2 aromatic heterocycles. The van der Waals surface area contributed by atoms with Gasteiger partial charge in [0.2, 0.25) is 0 Å². The third-order valence-corrected chi connectivity index (χ3v) is 5.89. The molecule has 1 saturated heterocycles.